The van der Waals surface area contributed by atoms with E-state index in [0.717, 1.165) is 0 Å². The molecule has 0 aliphatic rings. The molecule has 0 spiro atoms. The zero-order valence-corrected chi connectivity index (χ0v) is 10.0. The molecule has 14 heavy (non-hydrogen) atoms. The predicted octanol–water partition coefficient (Wildman–Crippen LogP) is 0.0292. The molecule has 86 valence electrons. The Morgan fingerprint density at radius 2 is 1.93 bits per heavy atom. The number of sulfone groups is 1. The number of aliphatic hydroxyl groups is 1. The van der Waals surface area contributed by atoms with Crippen LogP contribution in [0.25, 0.3) is 0 Å². The van der Waals surface area contributed by atoms with E-state index in [1.54, 1.807) is 0 Å². The second kappa shape index (κ2) is 5.68. The first-order valence-electron chi connectivity index (χ1n) is 4.76. The van der Waals surface area contributed by atoms with E-state index in [1.165, 1.54) is 6.26 Å². The Kier molecular flexibility index (Phi) is 5.63. The molecule has 0 fully saturated rings. The Morgan fingerprint density at radius 1 is 1.36 bits per heavy atom. The van der Waals surface area contributed by atoms with E-state index < -0.39 is 9.84 Å². The van der Waals surface area contributed by atoms with Gasteiger partial charge in [-0.05, 0) is 13.0 Å². The van der Waals surface area contributed by atoms with Gasteiger partial charge in [-0.1, -0.05) is 13.8 Å². The predicted molar refractivity (Wildman–Crippen MR) is 58.1 cm³/mol. The highest BCUT2D eigenvalue weighted by molar-refractivity contribution is 7.90. The molecule has 0 bridgehead atoms. The van der Waals surface area contributed by atoms with Gasteiger partial charge < -0.3 is 10.4 Å². The lowest BCUT2D eigenvalue weighted by Crippen LogP contribution is -2.33. The monoisotopic (exact) mass is 223 g/mol. The summed E-state index contributed by atoms with van der Waals surface area (Å²) in [6.07, 6.45) is 1.87. The van der Waals surface area contributed by atoms with Gasteiger partial charge in [0.2, 0.25) is 0 Å². The van der Waals surface area contributed by atoms with Gasteiger partial charge in [-0.2, -0.15) is 0 Å². The van der Waals surface area contributed by atoms with Gasteiger partial charge in [0, 0.05) is 24.8 Å². The summed E-state index contributed by atoms with van der Waals surface area (Å²) in [7, 11) is -2.84. The third kappa shape index (κ3) is 8.47. The van der Waals surface area contributed by atoms with Crippen LogP contribution in [0.4, 0.5) is 0 Å². The van der Waals surface area contributed by atoms with Crippen LogP contribution < -0.4 is 5.32 Å². The Morgan fingerprint density at radius 3 is 2.36 bits per heavy atom. The van der Waals surface area contributed by atoms with Gasteiger partial charge >= 0.3 is 0 Å². The number of hydrogen-bond donors (Lipinski definition) is 2. The van der Waals surface area contributed by atoms with Gasteiger partial charge in [0.05, 0.1) is 5.75 Å². The minimum Gasteiger partial charge on any atom is -0.396 e. The summed E-state index contributed by atoms with van der Waals surface area (Å²) in [4.78, 5) is 0. The fourth-order valence-corrected chi connectivity index (χ4v) is 1.61. The molecular formula is C9H21NO3S. The highest BCUT2D eigenvalue weighted by atomic mass is 32.2. The van der Waals surface area contributed by atoms with E-state index in [1.807, 2.05) is 13.8 Å². The molecular weight excluding hydrogens is 202 g/mol. The van der Waals surface area contributed by atoms with Crippen LogP contribution in [-0.2, 0) is 9.84 Å². The number of nitrogens with one attached hydrogen (secondary N) is 1. The van der Waals surface area contributed by atoms with Gasteiger partial charge in [-0.25, -0.2) is 8.42 Å². The molecule has 0 aromatic heterocycles. The van der Waals surface area contributed by atoms with Crippen molar-refractivity contribution >= 4 is 9.84 Å². The third-order valence-electron chi connectivity index (χ3n) is 1.90. The van der Waals surface area contributed by atoms with Crippen LogP contribution in [0.2, 0.25) is 0 Å². The van der Waals surface area contributed by atoms with Gasteiger partial charge in [-0.3, -0.25) is 0 Å². The van der Waals surface area contributed by atoms with Crippen LogP contribution in [0.1, 0.15) is 20.3 Å². The molecule has 0 aliphatic heterocycles. The van der Waals surface area contributed by atoms with Crippen LogP contribution in [0.3, 0.4) is 0 Å². The first-order chi connectivity index (χ1) is 6.27. The van der Waals surface area contributed by atoms with Crippen molar-refractivity contribution in [3.8, 4) is 0 Å². The van der Waals surface area contributed by atoms with Crippen molar-refractivity contribution in [2.75, 3.05) is 31.7 Å². The molecule has 0 saturated heterocycles. The average molecular weight is 223 g/mol. The minimum atomic E-state index is -2.84. The summed E-state index contributed by atoms with van der Waals surface area (Å²) in [5.41, 5.74) is -0.134. The number of hydrogen-bond acceptors (Lipinski definition) is 4. The highest BCUT2D eigenvalue weighted by Gasteiger charge is 2.15. The maximum absolute atomic E-state index is 10.8. The molecule has 0 aliphatic carbocycles. The van der Waals surface area contributed by atoms with Gasteiger partial charge in [0.15, 0.2) is 0 Å². The van der Waals surface area contributed by atoms with E-state index in [0.29, 0.717) is 19.5 Å². The van der Waals surface area contributed by atoms with E-state index in [4.69, 9.17) is 5.11 Å². The highest BCUT2D eigenvalue weighted by Crippen LogP contribution is 2.10. The molecule has 0 aromatic carbocycles. The van der Waals surface area contributed by atoms with Gasteiger partial charge in [-0.15, -0.1) is 0 Å². The van der Waals surface area contributed by atoms with Crippen molar-refractivity contribution in [2.45, 2.75) is 20.3 Å². The normalized spacial score (nSPS) is 13.1. The summed E-state index contributed by atoms with van der Waals surface area (Å²) in [6, 6.07) is 0. The number of aliphatic hydroxyl groups excluding tert-OH is 1. The molecule has 0 aromatic rings. The SMILES string of the molecule is CC(C)(CO)CNCCCS(C)(=O)=O. The van der Waals surface area contributed by atoms with Crippen LogP contribution in [0.15, 0.2) is 0 Å². The minimum absolute atomic E-state index is 0.131. The van der Waals surface area contributed by atoms with Crippen molar-refractivity contribution in [1.29, 1.82) is 0 Å². The smallest absolute Gasteiger partial charge is 0.147 e. The summed E-state index contributed by atoms with van der Waals surface area (Å²) in [5.74, 6) is 0.222. The lowest BCUT2D eigenvalue weighted by molar-refractivity contribution is 0.157. The summed E-state index contributed by atoms with van der Waals surface area (Å²) < 4.78 is 21.6. The lowest BCUT2D eigenvalue weighted by Gasteiger charge is -2.21. The van der Waals surface area contributed by atoms with Crippen molar-refractivity contribution in [2.24, 2.45) is 5.41 Å². The molecule has 0 radical (unpaired) electrons. The molecule has 0 heterocycles. The van der Waals surface area contributed by atoms with Crippen molar-refractivity contribution in [3.63, 3.8) is 0 Å². The van der Waals surface area contributed by atoms with Crippen LogP contribution in [-0.4, -0.2) is 45.2 Å². The summed E-state index contributed by atoms with van der Waals surface area (Å²) in [6.45, 7) is 5.42. The molecule has 0 unspecified atom stereocenters. The standard InChI is InChI=1S/C9H21NO3S/c1-9(2,8-11)7-10-5-4-6-14(3,12)13/h10-11H,4-8H2,1-3H3. The lowest BCUT2D eigenvalue weighted by atomic mass is 9.95. The van der Waals surface area contributed by atoms with Crippen molar-refractivity contribution in [3.05, 3.63) is 0 Å². The first kappa shape index (κ1) is 13.9. The zero-order chi connectivity index (χ0) is 11.2. The molecule has 4 nitrogen and oxygen atoms in total. The maximum atomic E-state index is 10.8. The van der Waals surface area contributed by atoms with Gasteiger partial charge in [0.1, 0.15) is 9.84 Å². The molecule has 0 atom stereocenters. The first-order valence-corrected chi connectivity index (χ1v) is 6.82. The van der Waals surface area contributed by atoms with E-state index in [-0.39, 0.29) is 17.8 Å². The van der Waals surface area contributed by atoms with Gasteiger partial charge in [0.25, 0.3) is 0 Å². The van der Waals surface area contributed by atoms with Crippen LogP contribution >= 0.6 is 0 Å². The average Bonchev–Trinajstić information content (AvgIpc) is 2.01. The topological polar surface area (TPSA) is 66.4 Å². The second-order valence-corrected chi connectivity index (χ2v) is 6.74. The van der Waals surface area contributed by atoms with Crippen LogP contribution in [0, 0.1) is 5.41 Å². The summed E-state index contributed by atoms with van der Waals surface area (Å²) >= 11 is 0. The van der Waals surface area contributed by atoms with Crippen LogP contribution in [0.5, 0.6) is 0 Å². The van der Waals surface area contributed by atoms with Crippen molar-refractivity contribution < 1.29 is 13.5 Å². The molecule has 2 N–H and O–H groups in total. The van der Waals surface area contributed by atoms with E-state index >= 15 is 0 Å². The fraction of sp³-hybridized carbons (Fsp3) is 1.00. The summed E-state index contributed by atoms with van der Waals surface area (Å²) in [5, 5.41) is 12.1. The zero-order valence-electron chi connectivity index (χ0n) is 9.21. The number of rotatable bonds is 7. The van der Waals surface area contributed by atoms with Crippen molar-refractivity contribution in [1.82, 2.24) is 5.32 Å². The Balaban J connectivity index is 3.49. The largest absolute Gasteiger partial charge is 0.396 e. The fourth-order valence-electron chi connectivity index (χ4n) is 0.942. The Bertz CT molecular complexity index is 247. The molecule has 0 rings (SSSR count). The third-order valence-corrected chi connectivity index (χ3v) is 2.93. The molecule has 0 saturated carbocycles. The molecule has 0 amide bonds. The Labute approximate surface area is 86.6 Å². The van der Waals surface area contributed by atoms with E-state index in [9.17, 15) is 8.42 Å². The maximum Gasteiger partial charge on any atom is 0.147 e. The van der Waals surface area contributed by atoms with E-state index in [2.05, 4.69) is 5.32 Å². The quantitative estimate of drug-likeness (QED) is 0.598. The Hall–Kier alpha value is -0.130. The molecule has 5 heteroatoms. The second-order valence-electron chi connectivity index (χ2n) is 4.48.